The van der Waals surface area contributed by atoms with Gasteiger partial charge in [-0.05, 0) is 36.4 Å². The molecule has 0 aliphatic carbocycles. The van der Waals surface area contributed by atoms with Crippen LogP contribution >= 0.6 is 0 Å². The first-order valence-corrected chi connectivity index (χ1v) is 8.36. The molecule has 2 heterocycles. The highest BCUT2D eigenvalue weighted by molar-refractivity contribution is 5.80. The van der Waals surface area contributed by atoms with Gasteiger partial charge in [0.1, 0.15) is 11.5 Å². The molecule has 4 aromatic rings. The molecule has 0 saturated carbocycles. The second-order valence-corrected chi connectivity index (χ2v) is 6.18. The van der Waals surface area contributed by atoms with Crippen molar-refractivity contribution in [2.75, 3.05) is 0 Å². The van der Waals surface area contributed by atoms with Gasteiger partial charge in [-0.2, -0.15) is 13.2 Å². The van der Waals surface area contributed by atoms with E-state index in [-0.39, 0.29) is 22.6 Å². The van der Waals surface area contributed by atoms with Gasteiger partial charge in [-0.3, -0.25) is 10.1 Å². The lowest BCUT2D eigenvalue weighted by molar-refractivity contribution is -0.384. The Kier molecular flexibility index (Phi) is 4.57. The Morgan fingerprint density at radius 2 is 1.70 bits per heavy atom. The monoisotopic (exact) mass is 418 g/mol. The average Bonchev–Trinajstić information content (AvgIpc) is 3.35. The molecule has 11 heteroatoms. The van der Waals surface area contributed by atoms with Crippen LogP contribution in [0.3, 0.4) is 0 Å². The number of hydrogen-bond donors (Lipinski definition) is 0. The molecule has 0 atom stereocenters. The highest BCUT2D eigenvalue weighted by Crippen LogP contribution is 2.42. The number of nitro benzene ring substituents is 1. The van der Waals surface area contributed by atoms with Gasteiger partial charge in [0.25, 0.3) is 5.69 Å². The Balaban J connectivity index is 1.81. The number of hydrogen-bond acceptors (Lipinski definition) is 5. The second kappa shape index (κ2) is 7.10. The van der Waals surface area contributed by atoms with E-state index < -0.39 is 28.2 Å². The van der Waals surface area contributed by atoms with Crippen LogP contribution in [0.25, 0.3) is 28.2 Å². The zero-order valence-electron chi connectivity index (χ0n) is 14.8. The van der Waals surface area contributed by atoms with E-state index in [0.29, 0.717) is 5.69 Å². The van der Waals surface area contributed by atoms with Gasteiger partial charge in [-0.25, -0.2) is 9.37 Å². The second-order valence-electron chi connectivity index (χ2n) is 6.18. The molecule has 30 heavy (non-hydrogen) atoms. The molecule has 7 nitrogen and oxygen atoms in total. The maximum Gasteiger partial charge on any atom is 0.453 e. The van der Waals surface area contributed by atoms with Crippen molar-refractivity contribution >= 4 is 5.69 Å². The Hall–Kier alpha value is -4.02. The summed E-state index contributed by atoms with van der Waals surface area (Å²) in [4.78, 5) is 14.2. The fraction of sp³-hybridized carbons (Fsp3) is 0.0526. The number of imidazole rings is 1. The molecule has 0 radical (unpaired) electrons. The normalized spacial score (nSPS) is 11.6. The van der Waals surface area contributed by atoms with Gasteiger partial charge in [-0.15, -0.1) is 0 Å². The average molecular weight is 418 g/mol. The lowest BCUT2D eigenvalue weighted by atomic mass is 10.0. The SMILES string of the molecule is O=[N+]([O-])c1ccc(-n2cnc(-c3c(-c4ccc(F)cc4)noc3C(F)(F)F)c2)cc1. The summed E-state index contributed by atoms with van der Waals surface area (Å²) in [7, 11) is 0. The number of nitro groups is 1. The Morgan fingerprint density at radius 3 is 2.30 bits per heavy atom. The number of benzene rings is 2. The predicted octanol–water partition coefficient (Wildman–Crippen LogP) is 5.26. The van der Waals surface area contributed by atoms with E-state index >= 15 is 0 Å². The van der Waals surface area contributed by atoms with Crippen molar-refractivity contribution in [3.05, 3.63) is 82.7 Å². The van der Waals surface area contributed by atoms with E-state index in [1.165, 1.54) is 53.5 Å². The molecular formula is C19H10F4N4O3. The highest BCUT2D eigenvalue weighted by atomic mass is 19.4. The van der Waals surface area contributed by atoms with Crippen LogP contribution in [0.5, 0.6) is 0 Å². The van der Waals surface area contributed by atoms with E-state index in [2.05, 4.69) is 14.7 Å². The summed E-state index contributed by atoms with van der Waals surface area (Å²) in [6.07, 6.45) is -2.26. The Labute approximate surface area is 165 Å². The quantitative estimate of drug-likeness (QED) is 0.256. The van der Waals surface area contributed by atoms with Crippen LogP contribution in [-0.2, 0) is 6.18 Å². The lowest BCUT2D eigenvalue weighted by Gasteiger charge is -2.05. The standard InChI is InChI=1S/C19H10F4N4O3/c20-12-3-1-11(2-4-12)17-16(18(30-25-17)19(21,22)23)15-9-26(10-24-15)13-5-7-14(8-6-13)27(28)29/h1-10H. The van der Waals surface area contributed by atoms with E-state index in [1.807, 2.05) is 0 Å². The Bertz CT molecular complexity index is 1210. The van der Waals surface area contributed by atoms with Crippen LogP contribution in [0.4, 0.5) is 23.2 Å². The van der Waals surface area contributed by atoms with Crippen molar-refractivity contribution in [2.24, 2.45) is 0 Å². The van der Waals surface area contributed by atoms with Crippen LogP contribution < -0.4 is 0 Å². The van der Waals surface area contributed by atoms with Crippen LogP contribution in [0, 0.1) is 15.9 Å². The molecule has 0 aliphatic heterocycles. The van der Waals surface area contributed by atoms with E-state index in [4.69, 9.17) is 0 Å². The summed E-state index contributed by atoms with van der Waals surface area (Å²) in [6.45, 7) is 0. The minimum atomic E-state index is -4.84. The van der Waals surface area contributed by atoms with Crippen LogP contribution in [0.1, 0.15) is 5.76 Å². The third-order valence-electron chi connectivity index (χ3n) is 4.26. The minimum absolute atomic E-state index is 0.0822. The maximum absolute atomic E-state index is 13.5. The van der Waals surface area contributed by atoms with Gasteiger partial charge in [0.05, 0.1) is 22.5 Å². The van der Waals surface area contributed by atoms with E-state index in [0.717, 1.165) is 12.1 Å². The third-order valence-corrected chi connectivity index (χ3v) is 4.26. The topological polar surface area (TPSA) is 87.0 Å². The van der Waals surface area contributed by atoms with Crippen LogP contribution in [0.15, 0.2) is 65.6 Å². The molecule has 152 valence electrons. The molecule has 2 aromatic heterocycles. The maximum atomic E-state index is 13.5. The van der Waals surface area contributed by atoms with Crippen LogP contribution in [-0.4, -0.2) is 19.6 Å². The summed E-state index contributed by atoms with van der Waals surface area (Å²) in [5, 5.41) is 14.3. The van der Waals surface area contributed by atoms with Gasteiger partial charge in [-0.1, -0.05) is 5.16 Å². The fourth-order valence-electron chi connectivity index (χ4n) is 2.87. The number of alkyl halides is 3. The number of rotatable bonds is 4. The fourth-order valence-corrected chi connectivity index (χ4v) is 2.87. The first-order chi connectivity index (χ1) is 14.2. The largest absolute Gasteiger partial charge is 0.453 e. The number of halogens is 4. The smallest absolute Gasteiger partial charge is 0.350 e. The van der Waals surface area contributed by atoms with Crippen molar-refractivity contribution in [1.82, 2.24) is 14.7 Å². The molecule has 0 amide bonds. The highest BCUT2D eigenvalue weighted by Gasteiger charge is 2.41. The molecule has 0 aliphatic rings. The zero-order chi connectivity index (χ0) is 21.5. The zero-order valence-corrected chi connectivity index (χ0v) is 14.8. The molecule has 0 saturated heterocycles. The van der Waals surface area contributed by atoms with Gasteiger partial charge < -0.3 is 9.09 Å². The van der Waals surface area contributed by atoms with Crippen molar-refractivity contribution in [2.45, 2.75) is 6.18 Å². The molecule has 0 unspecified atom stereocenters. The molecule has 0 spiro atoms. The first-order valence-electron chi connectivity index (χ1n) is 8.36. The van der Waals surface area contributed by atoms with Crippen molar-refractivity contribution in [3.63, 3.8) is 0 Å². The van der Waals surface area contributed by atoms with Gasteiger partial charge in [0, 0.05) is 29.6 Å². The number of aromatic nitrogens is 3. The summed E-state index contributed by atoms with van der Waals surface area (Å²) in [6, 6.07) is 10.1. The Morgan fingerprint density at radius 1 is 1.03 bits per heavy atom. The molecule has 0 N–H and O–H groups in total. The molecule has 0 bridgehead atoms. The van der Waals surface area contributed by atoms with Gasteiger partial charge in [0.15, 0.2) is 0 Å². The summed E-state index contributed by atoms with van der Waals surface area (Å²) >= 11 is 0. The number of nitrogens with zero attached hydrogens (tertiary/aromatic N) is 4. The van der Waals surface area contributed by atoms with E-state index in [9.17, 15) is 27.7 Å². The molecule has 0 fully saturated rings. The van der Waals surface area contributed by atoms with Gasteiger partial charge in [0.2, 0.25) is 5.76 Å². The molecule has 2 aromatic carbocycles. The molecule has 4 rings (SSSR count). The lowest BCUT2D eigenvalue weighted by Crippen LogP contribution is -2.05. The summed E-state index contributed by atoms with van der Waals surface area (Å²) < 4.78 is 59.6. The molecular weight excluding hydrogens is 408 g/mol. The third kappa shape index (κ3) is 3.52. The minimum Gasteiger partial charge on any atom is -0.350 e. The first kappa shape index (κ1) is 19.3. The predicted molar refractivity (Wildman–Crippen MR) is 96.1 cm³/mol. The van der Waals surface area contributed by atoms with E-state index in [1.54, 1.807) is 0 Å². The summed E-state index contributed by atoms with van der Waals surface area (Å²) in [5.41, 5.74) is -0.0772. The van der Waals surface area contributed by atoms with Crippen molar-refractivity contribution in [3.8, 4) is 28.2 Å². The van der Waals surface area contributed by atoms with Crippen LogP contribution in [0.2, 0.25) is 0 Å². The van der Waals surface area contributed by atoms with Crippen molar-refractivity contribution in [1.29, 1.82) is 0 Å². The number of non-ortho nitro benzene ring substituents is 1. The summed E-state index contributed by atoms with van der Waals surface area (Å²) in [5.74, 6) is -1.89. The van der Waals surface area contributed by atoms with Crippen molar-refractivity contribution < 1.29 is 27.0 Å². The van der Waals surface area contributed by atoms with Gasteiger partial charge >= 0.3 is 6.18 Å².